The molecule has 0 saturated carbocycles. The number of benzene rings is 12. The number of ketones is 1. The number of hydrogen-bond donors (Lipinski definition) is 6. The van der Waals surface area contributed by atoms with Crippen LogP contribution in [0.25, 0.3) is 102 Å². The third kappa shape index (κ3) is 17.9. The van der Waals surface area contributed by atoms with Crippen LogP contribution in [0.4, 0.5) is 68.2 Å². The molecule has 23 nitrogen and oxygen atoms in total. The number of halogens is 1. The van der Waals surface area contributed by atoms with Crippen molar-refractivity contribution >= 4 is 205 Å². The number of hydrogen-bond acceptors (Lipinski definition) is 11. The summed E-state index contributed by atoms with van der Waals surface area (Å²) in [6.07, 6.45) is 9.93. The Bertz CT molecular complexity index is 8170. The molecule has 12 aromatic carbocycles. The molecule has 0 saturated heterocycles. The lowest BCUT2D eigenvalue weighted by Gasteiger charge is -2.15. The minimum atomic E-state index is -0.0699. The summed E-state index contributed by atoms with van der Waals surface area (Å²) in [6.45, 7) is 44.7. The summed E-state index contributed by atoms with van der Waals surface area (Å²) in [7, 11) is 4.78. The van der Waals surface area contributed by atoms with Gasteiger partial charge in [0.15, 0.2) is 51.4 Å². The van der Waals surface area contributed by atoms with Gasteiger partial charge in [-0.3, -0.25) is 33.6 Å². The Kier molecular flexibility index (Phi) is 24.9. The van der Waals surface area contributed by atoms with Crippen LogP contribution in [0.5, 0.6) is 17.2 Å². The van der Waals surface area contributed by atoms with E-state index in [9.17, 15) is 33.6 Å². The van der Waals surface area contributed by atoms with Crippen LogP contribution in [0.3, 0.4) is 0 Å². The van der Waals surface area contributed by atoms with Gasteiger partial charge in [-0.2, -0.15) is 5.26 Å². The topological polar surface area (TPSA) is 269 Å². The highest BCUT2D eigenvalue weighted by atomic mass is 127. The number of fused-ring (bicyclic) bond motifs is 24. The average Bonchev–Trinajstić information content (AvgIpc) is 1.64. The molecule has 0 unspecified atom stereocenters. The van der Waals surface area contributed by atoms with E-state index in [0.717, 1.165) is 227 Å². The number of allylic oxidation sites excluding steroid dienone is 7. The average molecular weight is 1940 g/mol. The fraction of sp³-hybridized carbons (Fsp3) is 0.138. The van der Waals surface area contributed by atoms with E-state index in [0.29, 0.717) is 89.7 Å². The van der Waals surface area contributed by atoms with Gasteiger partial charge < -0.3 is 46.1 Å². The van der Waals surface area contributed by atoms with Crippen molar-refractivity contribution in [3.05, 3.63) is 408 Å². The first-order valence-electron chi connectivity index (χ1n) is 44.9. The molecule has 12 aromatic rings. The monoisotopic (exact) mass is 1940 g/mol. The van der Waals surface area contributed by atoms with Crippen LogP contribution in [0, 0.1) is 54.3 Å². The second-order valence-corrected chi connectivity index (χ2v) is 36.1. The standard InChI is InChI=1S/C22H16N2O2.C20H16N2O3.C19H11N3O.C19H14N2O2.C18H11IN2O.C18H12N2O/c1-13(25)3-4-14-5-8-21-20(9-14)18-10-15-6-7-16(23-2)11-17(15)19(18)12-22(26)24-21;1-21-12-5-4-11-6-14-15(13(11)7-12)9-20(23)22-17-10-19(25-3)18(24-2)8-16(14)17;1-21-13-4-3-12-7-15-16(14(12)8-13)9-19(23)22-18-5-2-11(10-20)6-17(15)18;1-20-12-4-3-11-7-16-14-6-5-13(23-2)9-18(14)21-19(22)10-17(16)15(11)8-12;1-20-12-4-2-10-6-14-15(13(10)8-12)9-18(22)21-17-5-3-11(19)7-16(14)17;1-19-12-7-6-11-8-15-13-4-2-3-5-17(13)20-18(21)10-16(15)14(11)9-12/h3-9,11H,10,12H2,1H3,(H,24,26);4-5,7-8,10H,6,9H2,2-3H3,(H,22,23);2-6,8H,7,9H2,(H,22,23);3-6,8-9H,7,10H2,2H3,(H,21,22);2-5,7-8H,6,9H2,(H,21,22);2-7,9H,8,10H2,(H,20,21)/b4-3+;;;;;. The van der Waals surface area contributed by atoms with Gasteiger partial charge in [0.1, 0.15) is 5.75 Å². The highest BCUT2D eigenvalue weighted by Gasteiger charge is 2.37. The summed E-state index contributed by atoms with van der Waals surface area (Å²) in [5, 5.41) is 26.9. The number of rotatable bonds is 5. The number of nitriles is 1. The summed E-state index contributed by atoms with van der Waals surface area (Å²) in [5.74, 6) is 1.71. The Balaban J connectivity index is 0.000000107. The quantitative estimate of drug-likeness (QED) is 0.0536. The van der Waals surface area contributed by atoms with Crippen LogP contribution in [0.2, 0.25) is 0 Å². The first-order chi connectivity index (χ1) is 68.0. The van der Waals surface area contributed by atoms with Gasteiger partial charge in [0.05, 0.1) is 122 Å². The number of ether oxygens (including phenoxy) is 3. The van der Waals surface area contributed by atoms with Gasteiger partial charge in [0.25, 0.3) is 0 Å². The maximum atomic E-state index is 12.4. The predicted molar refractivity (Wildman–Crippen MR) is 554 cm³/mol. The number of methoxy groups -OCH3 is 3. The van der Waals surface area contributed by atoms with Gasteiger partial charge in [-0.05, 0) is 323 Å². The Hall–Kier alpha value is -18.1. The van der Waals surface area contributed by atoms with Gasteiger partial charge in [-0.25, -0.2) is 29.1 Å². The maximum Gasteiger partial charge on any atom is 0.228 e. The van der Waals surface area contributed by atoms with Crippen molar-refractivity contribution in [1.29, 1.82) is 5.26 Å². The van der Waals surface area contributed by atoms with Crippen LogP contribution in [-0.2, 0) is 72.1 Å². The Morgan fingerprint density at radius 3 is 0.964 bits per heavy atom. The van der Waals surface area contributed by atoms with E-state index in [-0.39, 0.29) is 41.2 Å². The van der Waals surface area contributed by atoms with Crippen molar-refractivity contribution in [2.45, 2.75) is 84.0 Å². The highest BCUT2D eigenvalue weighted by molar-refractivity contribution is 14.1. The smallest absolute Gasteiger partial charge is 0.228 e. The van der Waals surface area contributed by atoms with Crippen LogP contribution < -0.4 is 46.1 Å². The van der Waals surface area contributed by atoms with E-state index in [1.54, 1.807) is 45.6 Å². The third-order valence-corrected chi connectivity index (χ3v) is 27.3. The van der Waals surface area contributed by atoms with Crippen molar-refractivity contribution in [1.82, 2.24) is 0 Å². The van der Waals surface area contributed by atoms with Gasteiger partial charge in [0.2, 0.25) is 35.4 Å². The summed E-state index contributed by atoms with van der Waals surface area (Å²) >= 11 is 2.29. The lowest BCUT2D eigenvalue weighted by molar-refractivity contribution is -0.116. The fourth-order valence-corrected chi connectivity index (χ4v) is 20.7. The fourth-order valence-electron chi connectivity index (χ4n) is 20.3. The first-order valence-corrected chi connectivity index (χ1v) is 45.9. The SMILES string of the molecule is [C-]#[N+]c1ccc2c(c1)C1=C(C2)c2cc(/C=C/C(C)=O)ccc2NC(=O)C1.[C-]#[N+]c1ccc2c(c1)C1=C(C2)c2cc(C#N)ccc2NC(=O)C1.[C-]#[N+]c1ccc2c(c1)C1=C(C2)c2cc(I)ccc2NC(=O)C1.[C-]#[N+]c1ccc2c(c1)C1=C(C2)c2cc(OC)c(OC)cc2NC(=O)C1.[C-]#[N+]c1ccc2c(c1)C1=C(C2)c2ccc(OC)cc2NC(=O)C1.[C-]#[N+]c1ccc2c(c1)C1=C(C2)c2ccccc2NC(=O)C1. The van der Waals surface area contributed by atoms with Crippen molar-refractivity contribution in [2.24, 2.45) is 0 Å². The van der Waals surface area contributed by atoms with Gasteiger partial charge in [-0.15, -0.1) is 0 Å². The molecule has 0 atom stereocenters. The van der Waals surface area contributed by atoms with Crippen molar-refractivity contribution in [2.75, 3.05) is 53.2 Å². The van der Waals surface area contributed by atoms with Gasteiger partial charge in [-0.1, -0.05) is 103 Å². The van der Waals surface area contributed by atoms with Gasteiger partial charge in [0, 0.05) is 71.8 Å². The summed E-state index contributed by atoms with van der Waals surface area (Å²) < 4.78 is 17.2. The van der Waals surface area contributed by atoms with E-state index < -0.39 is 0 Å². The van der Waals surface area contributed by atoms with E-state index >= 15 is 0 Å². The highest BCUT2D eigenvalue weighted by Crippen LogP contribution is 2.54. The number of carbonyl (C=O) groups excluding carboxylic acids is 7. The molecule has 0 bridgehead atoms. The minimum absolute atomic E-state index is 0.00639. The number of amides is 6. The predicted octanol–water partition coefficient (Wildman–Crippen LogP) is 25.4. The lowest BCUT2D eigenvalue weighted by Crippen LogP contribution is -2.11. The molecule has 676 valence electrons. The van der Waals surface area contributed by atoms with E-state index in [2.05, 4.69) is 102 Å². The number of nitrogens with one attached hydrogen (secondary N) is 6. The molecule has 0 spiro atoms. The summed E-state index contributed by atoms with van der Waals surface area (Å²) in [4.78, 5) is 106. The van der Waals surface area contributed by atoms with Crippen molar-refractivity contribution in [3.8, 4) is 23.3 Å². The van der Waals surface area contributed by atoms with Crippen molar-refractivity contribution in [3.63, 3.8) is 0 Å². The normalized spacial score (nSPS) is 15.0. The molecule has 6 aliphatic carbocycles. The Morgan fingerprint density at radius 2 is 0.607 bits per heavy atom. The Labute approximate surface area is 820 Å². The number of carbonyl (C=O) groups is 7. The van der Waals surface area contributed by atoms with E-state index in [4.69, 9.17) is 58.9 Å². The van der Waals surface area contributed by atoms with Crippen LogP contribution in [-0.4, -0.2) is 62.6 Å². The largest absolute Gasteiger partial charge is 0.497 e. The van der Waals surface area contributed by atoms with Crippen LogP contribution in [0.15, 0.2) is 224 Å². The second kappa shape index (κ2) is 38.3. The second-order valence-electron chi connectivity index (χ2n) is 34.9. The number of anilines is 6. The lowest BCUT2D eigenvalue weighted by atomic mass is 9.96. The number of para-hydroxylation sites is 1. The molecular weight excluding hydrogens is 1860 g/mol. The molecule has 0 radical (unpaired) electrons. The van der Waals surface area contributed by atoms with E-state index in [1.165, 1.54) is 40.8 Å². The molecular formula is C116H80IN13O10. The van der Waals surface area contributed by atoms with Crippen molar-refractivity contribution < 1.29 is 47.8 Å². The number of nitrogens with zero attached hydrogens (tertiary/aromatic N) is 7. The Morgan fingerprint density at radius 1 is 0.307 bits per heavy atom. The molecule has 6 heterocycles. The zero-order valence-corrected chi connectivity index (χ0v) is 78.2. The zero-order valence-electron chi connectivity index (χ0n) is 76.0. The zero-order chi connectivity index (χ0) is 97.4. The molecule has 6 N–H and O–H groups in total. The molecule has 6 amide bonds. The molecule has 6 aliphatic heterocycles. The van der Waals surface area contributed by atoms with E-state index in [1.807, 2.05) is 188 Å². The third-order valence-electron chi connectivity index (χ3n) is 26.7. The van der Waals surface area contributed by atoms with Gasteiger partial charge >= 0.3 is 0 Å². The maximum absolute atomic E-state index is 12.4. The van der Waals surface area contributed by atoms with Crippen LogP contribution >= 0.6 is 22.6 Å². The summed E-state index contributed by atoms with van der Waals surface area (Å²) in [5.41, 5.74) is 42.2. The molecule has 24 rings (SSSR count). The van der Waals surface area contributed by atoms with Crippen LogP contribution in [0.1, 0.15) is 157 Å². The minimum Gasteiger partial charge on any atom is -0.497 e. The molecule has 140 heavy (non-hydrogen) atoms. The molecule has 12 aliphatic rings. The summed E-state index contributed by atoms with van der Waals surface area (Å²) in [6, 6.07) is 71.1. The molecule has 0 aromatic heterocycles. The first kappa shape index (κ1) is 91.0. The molecule has 0 fully saturated rings. The molecule has 24 heteroatoms.